The third-order valence-electron chi connectivity index (χ3n) is 3.23. The highest BCUT2D eigenvalue weighted by Crippen LogP contribution is 2.43. The average molecular weight is 300 g/mol. The zero-order chi connectivity index (χ0) is 11.6. The smallest absolute Gasteiger partial charge is 0.270 e. The summed E-state index contributed by atoms with van der Waals surface area (Å²) in [6.07, 6.45) is 0. The number of hydrogen-bond donors (Lipinski definition) is 0. The van der Waals surface area contributed by atoms with Gasteiger partial charge in [-0.25, -0.2) is 0 Å². The van der Waals surface area contributed by atoms with Crippen LogP contribution in [-0.4, -0.2) is 47.3 Å². The van der Waals surface area contributed by atoms with E-state index in [0.29, 0.717) is 0 Å². The van der Waals surface area contributed by atoms with E-state index in [9.17, 15) is 0 Å². The van der Waals surface area contributed by atoms with E-state index < -0.39 is 5.52 Å². The minimum absolute atomic E-state index is 1.30. The molecule has 1 aromatic carbocycles. The normalized spacial score (nSPS) is 33.8. The van der Waals surface area contributed by atoms with E-state index in [-0.39, 0.29) is 0 Å². The highest BCUT2D eigenvalue weighted by atomic mass is 32.8. The van der Waals surface area contributed by atoms with Crippen molar-refractivity contribution in [3.05, 3.63) is 30.3 Å². The lowest BCUT2D eigenvalue weighted by molar-refractivity contribution is 0.329. The molecule has 0 atom stereocenters. The van der Waals surface area contributed by atoms with Gasteiger partial charge in [-0.1, -0.05) is 30.3 Å². The predicted octanol–water partition coefficient (Wildman–Crippen LogP) is 2.36. The second-order valence-electron chi connectivity index (χ2n) is 4.31. The SMILES string of the molecule is c1ccc([Si]23SCCN(CCS2)CCS3)cc1. The lowest BCUT2D eigenvalue weighted by atomic mass is 10.4. The topological polar surface area (TPSA) is 3.24 Å². The lowest BCUT2D eigenvalue weighted by Gasteiger charge is -2.38. The zero-order valence-corrected chi connectivity index (χ0v) is 13.3. The largest absolute Gasteiger partial charge is 0.301 e. The summed E-state index contributed by atoms with van der Waals surface area (Å²) in [4.78, 5) is 2.63. The van der Waals surface area contributed by atoms with E-state index in [2.05, 4.69) is 68.9 Å². The van der Waals surface area contributed by atoms with E-state index in [0.717, 1.165) is 0 Å². The molecule has 17 heavy (non-hydrogen) atoms. The average Bonchev–Trinajstić information content (AvgIpc) is 2.28. The molecule has 5 heteroatoms. The van der Waals surface area contributed by atoms with Crippen LogP contribution in [0.1, 0.15) is 0 Å². The predicted molar refractivity (Wildman–Crippen MR) is 85.6 cm³/mol. The van der Waals surface area contributed by atoms with Gasteiger partial charge in [0, 0.05) is 36.9 Å². The quantitative estimate of drug-likeness (QED) is 0.732. The molecule has 1 nitrogen and oxygen atoms in total. The van der Waals surface area contributed by atoms with Crippen LogP contribution in [0, 0.1) is 0 Å². The summed E-state index contributed by atoms with van der Waals surface area (Å²) in [5.41, 5.74) is -1.38. The van der Waals surface area contributed by atoms with Crippen molar-refractivity contribution in [1.82, 2.24) is 4.90 Å². The molecule has 3 fully saturated rings. The van der Waals surface area contributed by atoms with Gasteiger partial charge in [-0.3, -0.25) is 0 Å². The summed E-state index contributed by atoms with van der Waals surface area (Å²) in [6, 6.07) is 11.3. The van der Waals surface area contributed by atoms with Crippen LogP contribution < -0.4 is 5.19 Å². The Balaban J connectivity index is 1.91. The van der Waals surface area contributed by atoms with Crippen LogP contribution in [0.2, 0.25) is 0 Å². The molecular weight excluding hydrogens is 282 g/mol. The first-order valence-electron chi connectivity index (χ1n) is 6.09. The van der Waals surface area contributed by atoms with Crippen LogP contribution in [0.5, 0.6) is 0 Å². The molecular formula is C12H17NS3Si. The third-order valence-corrected chi connectivity index (χ3v) is 20.3. The Labute approximate surface area is 116 Å². The standard InChI is InChI=1S/C12H17NS3Si/c1-2-4-12(5-3-1)17-14-9-6-13(7-10-15-17)8-11-16-17/h1-5H,6-11H2. The van der Waals surface area contributed by atoms with Gasteiger partial charge >= 0.3 is 0 Å². The van der Waals surface area contributed by atoms with Crippen molar-refractivity contribution >= 4 is 44.3 Å². The van der Waals surface area contributed by atoms with Gasteiger partial charge in [0.1, 0.15) is 0 Å². The van der Waals surface area contributed by atoms with Gasteiger partial charge in [-0.2, -0.15) is 33.6 Å². The molecule has 0 spiro atoms. The number of rotatable bonds is 1. The van der Waals surface area contributed by atoms with Gasteiger partial charge in [0.25, 0.3) is 5.52 Å². The Hall–Kier alpha value is 0.447. The van der Waals surface area contributed by atoms with E-state index in [1.165, 1.54) is 36.9 Å². The fourth-order valence-corrected chi connectivity index (χ4v) is 19.0. The molecule has 1 aromatic rings. The summed E-state index contributed by atoms with van der Waals surface area (Å²) in [5, 5.41) is 1.63. The molecule has 0 N–H and O–H groups in total. The first-order chi connectivity index (χ1) is 8.39. The van der Waals surface area contributed by atoms with Crippen molar-refractivity contribution in [2.75, 3.05) is 36.9 Å². The number of fused-ring (bicyclic) bond motifs is 6. The Bertz CT molecular complexity index is 347. The van der Waals surface area contributed by atoms with Gasteiger partial charge in [-0.15, -0.1) is 0 Å². The fraction of sp³-hybridized carbons (Fsp3) is 0.500. The lowest BCUT2D eigenvalue weighted by Crippen LogP contribution is -2.47. The van der Waals surface area contributed by atoms with E-state index in [1.807, 2.05) is 0 Å². The van der Waals surface area contributed by atoms with Crippen LogP contribution in [0.3, 0.4) is 0 Å². The summed E-state index contributed by atoms with van der Waals surface area (Å²) in [7, 11) is 0. The molecule has 4 rings (SSSR count). The van der Waals surface area contributed by atoms with Gasteiger partial charge in [0.15, 0.2) is 0 Å². The monoisotopic (exact) mass is 299 g/mol. The number of nitrogens with zero attached hydrogens (tertiary/aromatic N) is 1. The summed E-state index contributed by atoms with van der Waals surface area (Å²) in [5.74, 6) is 3.96. The van der Waals surface area contributed by atoms with Crippen LogP contribution in [0.15, 0.2) is 30.3 Å². The molecule has 0 radical (unpaired) electrons. The second kappa shape index (κ2) is 5.61. The third kappa shape index (κ3) is 2.73. The zero-order valence-electron chi connectivity index (χ0n) is 9.80. The summed E-state index contributed by atoms with van der Waals surface area (Å²) < 4.78 is 0. The first-order valence-corrected chi connectivity index (χ1v) is 13.2. The fourth-order valence-electron chi connectivity index (χ4n) is 2.28. The van der Waals surface area contributed by atoms with Gasteiger partial charge in [-0.05, 0) is 5.19 Å². The molecule has 0 saturated carbocycles. The van der Waals surface area contributed by atoms with Crippen LogP contribution in [-0.2, 0) is 0 Å². The van der Waals surface area contributed by atoms with E-state index in [4.69, 9.17) is 0 Å². The summed E-state index contributed by atoms with van der Waals surface area (Å²) in [6.45, 7) is 3.90. The maximum Gasteiger partial charge on any atom is 0.270 e. The van der Waals surface area contributed by atoms with Crippen molar-refractivity contribution in [2.24, 2.45) is 0 Å². The Morgan fingerprint density at radius 1 is 0.824 bits per heavy atom. The number of hydrogen-bond acceptors (Lipinski definition) is 4. The molecule has 3 aliphatic rings. The second-order valence-corrected chi connectivity index (χ2v) is 18.5. The Kier molecular flexibility index (Phi) is 4.12. The molecule has 0 amide bonds. The highest BCUT2D eigenvalue weighted by Gasteiger charge is 2.40. The maximum atomic E-state index is 2.63. The van der Waals surface area contributed by atoms with Crippen LogP contribution in [0.4, 0.5) is 0 Å². The summed E-state index contributed by atoms with van der Waals surface area (Å²) >= 11 is 6.83. The minimum atomic E-state index is -1.38. The van der Waals surface area contributed by atoms with Crippen LogP contribution >= 0.6 is 33.6 Å². The minimum Gasteiger partial charge on any atom is -0.301 e. The Morgan fingerprint density at radius 3 is 1.88 bits per heavy atom. The van der Waals surface area contributed by atoms with Crippen molar-refractivity contribution in [3.8, 4) is 0 Å². The molecule has 3 heterocycles. The molecule has 0 unspecified atom stereocenters. The number of benzene rings is 1. The van der Waals surface area contributed by atoms with Gasteiger partial charge in [0.05, 0.1) is 0 Å². The van der Waals surface area contributed by atoms with Crippen LogP contribution in [0.25, 0.3) is 0 Å². The molecule has 2 bridgehead atoms. The molecule has 3 aliphatic heterocycles. The first kappa shape index (κ1) is 12.5. The van der Waals surface area contributed by atoms with Crippen molar-refractivity contribution < 1.29 is 0 Å². The molecule has 0 aromatic heterocycles. The van der Waals surface area contributed by atoms with Crippen molar-refractivity contribution in [1.29, 1.82) is 0 Å². The molecule has 3 saturated heterocycles. The maximum absolute atomic E-state index is 2.63. The van der Waals surface area contributed by atoms with Gasteiger partial charge < -0.3 is 4.90 Å². The van der Waals surface area contributed by atoms with Crippen molar-refractivity contribution in [2.45, 2.75) is 0 Å². The Morgan fingerprint density at radius 2 is 1.35 bits per heavy atom. The van der Waals surface area contributed by atoms with E-state index in [1.54, 1.807) is 5.19 Å². The molecule has 0 aliphatic carbocycles. The van der Waals surface area contributed by atoms with E-state index >= 15 is 0 Å². The van der Waals surface area contributed by atoms with Gasteiger partial charge in [0.2, 0.25) is 0 Å². The molecule has 92 valence electrons. The van der Waals surface area contributed by atoms with Crippen molar-refractivity contribution in [3.63, 3.8) is 0 Å². The highest BCUT2D eigenvalue weighted by molar-refractivity contribution is 8.82.